The molecule has 134 valence electrons. The van der Waals surface area contributed by atoms with Crippen LogP contribution in [-0.2, 0) is 9.59 Å². The lowest BCUT2D eigenvalue weighted by molar-refractivity contribution is -0.142. The van der Waals surface area contributed by atoms with Crippen LogP contribution in [-0.4, -0.2) is 65.0 Å². The van der Waals surface area contributed by atoms with Gasteiger partial charge in [-0.05, 0) is 38.5 Å². The summed E-state index contributed by atoms with van der Waals surface area (Å²) >= 11 is 0. The lowest BCUT2D eigenvalue weighted by atomic mass is 9.96. The molecule has 0 radical (unpaired) electrons. The smallest absolute Gasteiger partial charge is 0.326 e. The molecule has 2 atom stereocenters. The Labute approximate surface area is 142 Å². The first-order valence-electron chi connectivity index (χ1n) is 8.71. The zero-order valence-electron chi connectivity index (χ0n) is 14.1. The van der Waals surface area contributed by atoms with Crippen LogP contribution < -0.4 is 5.32 Å². The number of carbonyl (C=O) groups excluding carboxylic acids is 2. The van der Waals surface area contributed by atoms with Crippen molar-refractivity contribution < 1.29 is 19.5 Å². The first-order valence-corrected chi connectivity index (χ1v) is 8.71. The van der Waals surface area contributed by atoms with Gasteiger partial charge in [-0.15, -0.1) is 6.58 Å². The highest BCUT2D eigenvalue weighted by atomic mass is 16.4. The van der Waals surface area contributed by atoms with Gasteiger partial charge in [-0.1, -0.05) is 6.08 Å². The Morgan fingerprint density at radius 3 is 2.46 bits per heavy atom. The minimum Gasteiger partial charge on any atom is -0.480 e. The third kappa shape index (κ3) is 4.72. The third-order valence-corrected chi connectivity index (χ3v) is 4.71. The van der Waals surface area contributed by atoms with Crippen LogP contribution >= 0.6 is 0 Å². The fraction of sp³-hybridized carbons (Fsp3) is 0.706. The molecular formula is C17H27N3O4. The summed E-state index contributed by atoms with van der Waals surface area (Å²) < 4.78 is 0. The van der Waals surface area contributed by atoms with Gasteiger partial charge in [0.25, 0.3) is 0 Å². The van der Waals surface area contributed by atoms with Crippen LogP contribution in [0.3, 0.4) is 0 Å². The van der Waals surface area contributed by atoms with Gasteiger partial charge in [0.15, 0.2) is 0 Å². The van der Waals surface area contributed by atoms with Crippen molar-refractivity contribution in [1.82, 2.24) is 15.1 Å². The topological polar surface area (TPSA) is 90.0 Å². The van der Waals surface area contributed by atoms with E-state index in [-0.39, 0.29) is 17.9 Å². The number of hydrogen-bond donors (Lipinski definition) is 2. The summed E-state index contributed by atoms with van der Waals surface area (Å²) in [6, 6.07) is -0.897. The number of nitrogens with zero attached hydrogens (tertiary/aromatic N) is 2. The lowest BCUT2D eigenvalue weighted by Gasteiger charge is -2.35. The van der Waals surface area contributed by atoms with Crippen molar-refractivity contribution in [2.24, 2.45) is 5.92 Å². The van der Waals surface area contributed by atoms with Gasteiger partial charge in [-0.3, -0.25) is 4.79 Å². The minimum atomic E-state index is -1.04. The molecule has 0 aromatic heterocycles. The molecule has 3 amide bonds. The van der Waals surface area contributed by atoms with E-state index in [0.29, 0.717) is 32.4 Å². The summed E-state index contributed by atoms with van der Waals surface area (Å²) in [6.07, 6.45) is 6.01. The highest BCUT2D eigenvalue weighted by Gasteiger charge is 2.32. The van der Waals surface area contributed by atoms with Gasteiger partial charge in [0.2, 0.25) is 5.91 Å². The van der Waals surface area contributed by atoms with E-state index >= 15 is 0 Å². The monoisotopic (exact) mass is 337 g/mol. The molecule has 2 aliphatic heterocycles. The van der Waals surface area contributed by atoms with Gasteiger partial charge in [0, 0.05) is 26.2 Å². The number of allylic oxidation sites excluding steroid dienone is 1. The van der Waals surface area contributed by atoms with E-state index in [4.69, 9.17) is 0 Å². The molecule has 2 heterocycles. The molecule has 0 aromatic carbocycles. The van der Waals surface area contributed by atoms with Crippen molar-refractivity contribution in [2.45, 2.75) is 44.6 Å². The summed E-state index contributed by atoms with van der Waals surface area (Å²) in [5.74, 6) is -1.65. The Bertz CT molecular complexity index is 488. The molecule has 2 N–H and O–H groups in total. The number of nitrogens with one attached hydrogen (secondary N) is 1. The second kappa shape index (κ2) is 8.70. The Balaban J connectivity index is 1.90. The molecule has 2 aliphatic rings. The van der Waals surface area contributed by atoms with Gasteiger partial charge in [0.1, 0.15) is 6.04 Å². The number of rotatable bonds is 6. The zero-order valence-corrected chi connectivity index (χ0v) is 14.1. The number of carboxylic acids is 1. The molecule has 0 aromatic rings. The number of likely N-dealkylation sites (tertiary alicyclic amines) is 2. The number of piperidine rings is 1. The van der Waals surface area contributed by atoms with Crippen molar-refractivity contribution in [2.75, 3.05) is 26.2 Å². The van der Waals surface area contributed by atoms with Crippen LogP contribution in [0.15, 0.2) is 12.7 Å². The highest BCUT2D eigenvalue weighted by Crippen LogP contribution is 2.20. The number of hydrogen-bond acceptors (Lipinski definition) is 3. The van der Waals surface area contributed by atoms with E-state index < -0.39 is 12.0 Å². The molecule has 7 heteroatoms. The molecule has 24 heavy (non-hydrogen) atoms. The molecule has 0 saturated carbocycles. The molecular weight excluding hydrogens is 310 g/mol. The second-order valence-electron chi connectivity index (χ2n) is 6.53. The first kappa shape index (κ1) is 18.3. The van der Waals surface area contributed by atoms with Crippen LogP contribution in [0.5, 0.6) is 0 Å². The number of urea groups is 1. The minimum absolute atomic E-state index is 0.00596. The first-order chi connectivity index (χ1) is 11.5. The SMILES string of the molecule is C=CCCC(NC(=O)C1CCCN(C(=O)N2CCCC2)C1)C(=O)O. The second-order valence-corrected chi connectivity index (χ2v) is 6.53. The predicted octanol–water partition coefficient (Wildman–Crippen LogP) is 1.45. The summed E-state index contributed by atoms with van der Waals surface area (Å²) in [5, 5.41) is 11.8. The molecule has 2 saturated heterocycles. The van der Waals surface area contributed by atoms with Crippen molar-refractivity contribution in [1.29, 1.82) is 0 Å². The van der Waals surface area contributed by atoms with Crippen LogP contribution in [0.4, 0.5) is 4.79 Å². The third-order valence-electron chi connectivity index (χ3n) is 4.71. The molecule has 0 bridgehead atoms. The summed E-state index contributed by atoms with van der Waals surface area (Å²) in [5.41, 5.74) is 0. The maximum atomic E-state index is 12.5. The summed E-state index contributed by atoms with van der Waals surface area (Å²) in [4.78, 5) is 39.7. The van der Waals surface area contributed by atoms with E-state index in [1.165, 1.54) is 0 Å². The van der Waals surface area contributed by atoms with Gasteiger partial charge >= 0.3 is 12.0 Å². The largest absolute Gasteiger partial charge is 0.480 e. The van der Waals surface area contributed by atoms with Crippen molar-refractivity contribution >= 4 is 17.9 Å². The van der Waals surface area contributed by atoms with Crippen LogP contribution in [0, 0.1) is 5.92 Å². The van der Waals surface area contributed by atoms with E-state index in [1.807, 2.05) is 4.90 Å². The Morgan fingerprint density at radius 1 is 1.17 bits per heavy atom. The van der Waals surface area contributed by atoms with Crippen LogP contribution in [0.25, 0.3) is 0 Å². The van der Waals surface area contributed by atoms with Gasteiger partial charge in [-0.25, -0.2) is 9.59 Å². The Hall–Kier alpha value is -2.05. The molecule has 0 spiro atoms. The van der Waals surface area contributed by atoms with Crippen molar-refractivity contribution in [3.05, 3.63) is 12.7 Å². The Morgan fingerprint density at radius 2 is 1.83 bits per heavy atom. The van der Waals surface area contributed by atoms with Crippen molar-refractivity contribution in [3.63, 3.8) is 0 Å². The van der Waals surface area contributed by atoms with Gasteiger partial charge in [0.05, 0.1) is 5.92 Å². The normalized spacial score (nSPS) is 22.1. The maximum absolute atomic E-state index is 12.5. The quantitative estimate of drug-likeness (QED) is 0.718. The number of carboxylic acid groups (broad SMARTS) is 1. The van der Waals surface area contributed by atoms with Crippen molar-refractivity contribution in [3.8, 4) is 0 Å². The molecule has 7 nitrogen and oxygen atoms in total. The molecule has 0 aliphatic carbocycles. The Kier molecular flexibility index (Phi) is 6.63. The molecule has 2 unspecified atom stereocenters. The summed E-state index contributed by atoms with van der Waals surface area (Å²) in [6.45, 7) is 6.18. The number of aliphatic carboxylic acids is 1. The number of amides is 3. The van der Waals surface area contributed by atoms with E-state index in [1.54, 1.807) is 11.0 Å². The fourth-order valence-corrected chi connectivity index (χ4v) is 3.30. The standard InChI is InChI=1S/C17H27N3O4/c1-2-3-8-14(16(22)23)18-15(21)13-7-6-11-20(12-13)17(24)19-9-4-5-10-19/h2,13-14H,1,3-12H2,(H,18,21)(H,22,23). The maximum Gasteiger partial charge on any atom is 0.326 e. The predicted molar refractivity (Wildman–Crippen MR) is 89.5 cm³/mol. The van der Waals surface area contributed by atoms with Crippen LogP contribution in [0.1, 0.15) is 38.5 Å². The average molecular weight is 337 g/mol. The van der Waals surface area contributed by atoms with E-state index in [9.17, 15) is 19.5 Å². The zero-order chi connectivity index (χ0) is 17.5. The van der Waals surface area contributed by atoms with E-state index in [0.717, 1.165) is 32.4 Å². The summed E-state index contributed by atoms with van der Waals surface area (Å²) in [7, 11) is 0. The van der Waals surface area contributed by atoms with Gasteiger partial charge in [-0.2, -0.15) is 0 Å². The lowest BCUT2D eigenvalue weighted by Crippen LogP contribution is -2.51. The number of carbonyl (C=O) groups is 3. The molecule has 2 fully saturated rings. The highest BCUT2D eigenvalue weighted by molar-refractivity contribution is 5.85. The van der Waals surface area contributed by atoms with Gasteiger partial charge < -0.3 is 20.2 Å². The average Bonchev–Trinajstić information content (AvgIpc) is 3.12. The fourth-order valence-electron chi connectivity index (χ4n) is 3.30. The molecule has 2 rings (SSSR count). The van der Waals surface area contributed by atoms with E-state index in [2.05, 4.69) is 11.9 Å². The van der Waals surface area contributed by atoms with Crippen LogP contribution in [0.2, 0.25) is 0 Å².